The summed E-state index contributed by atoms with van der Waals surface area (Å²) in [7, 11) is 0. The third-order valence-electron chi connectivity index (χ3n) is 5.63. The van der Waals surface area contributed by atoms with Gasteiger partial charge in [0.2, 0.25) is 0 Å². The first-order chi connectivity index (χ1) is 13.2. The van der Waals surface area contributed by atoms with Crippen molar-refractivity contribution in [2.24, 2.45) is 5.73 Å². The molecule has 2 heterocycles. The minimum Gasteiger partial charge on any atom is -0.379 e. The molecule has 2 atom stereocenters. The summed E-state index contributed by atoms with van der Waals surface area (Å²) < 4.78 is 5.43. The normalized spacial score (nSPS) is 21.9. The van der Waals surface area contributed by atoms with E-state index in [2.05, 4.69) is 23.1 Å². The van der Waals surface area contributed by atoms with E-state index >= 15 is 0 Å². The Bertz CT molecular complexity index is 785. The molecule has 2 aliphatic heterocycles. The molecule has 2 aromatic rings. The first-order valence-electron chi connectivity index (χ1n) is 9.70. The first kappa shape index (κ1) is 23.6. The molecule has 2 fully saturated rings. The maximum absolute atomic E-state index is 13.3. The van der Waals surface area contributed by atoms with Gasteiger partial charge in [-0.25, -0.2) is 0 Å². The Morgan fingerprint density at radius 1 is 0.966 bits per heavy atom. The van der Waals surface area contributed by atoms with Crippen LogP contribution in [-0.4, -0.2) is 61.1 Å². The Balaban J connectivity index is 0.00000150. The number of rotatable bonds is 4. The highest BCUT2D eigenvalue weighted by Gasteiger charge is 2.34. The second kappa shape index (κ2) is 11.0. The summed E-state index contributed by atoms with van der Waals surface area (Å²) in [5.74, 6) is 0.286. The van der Waals surface area contributed by atoms with Gasteiger partial charge in [-0.2, -0.15) is 0 Å². The lowest BCUT2D eigenvalue weighted by atomic mass is 9.95. The van der Waals surface area contributed by atoms with E-state index in [0.717, 1.165) is 44.0 Å². The van der Waals surface area contributed by atoms with Gasteiger partial charge in [0.05, 0.1) is 13.2 Å². The summed E-state index contributed by atoms with van der Waals surface area (Å²) in [6, 6.07) is 18.2. The van der Waals surface area contributed by atoms with Crippen molar-refractivity contribution in [3.63, 3.8) is 0 Å². The molecule has 7 heteroatoms. The molecule has 0 unspecified atom stereocenters. The van der Waals surface area contributed by atoms with Crippen molar-refractivity contribution in [1.29, 1.82) is 0 Å². The number of benzene rings is 2. The maximum Gasteiger partial charge on any atom is 0.254 e. The second-order valence-corrected chi connectivity index (χ2v) is 7.44. The van der Waals surface area contributed by atoms with Gasteiger partial charge < -0.3 is 15.4 Å². The molecule has 0 radical (unpaired) electrons. The van der Waals surface area contributed by atoms with Crippen LogP contribution in [0, 0.1) is 0 Å². The molecular formula is C22H29Cl2N3O2. The van der Waals surface area contributed by atoms with Crippen LogP contribution in [0.3, 0.4) is 0 Å². The monoisotopic (exact) mass is 437 g/mol. The number of nitrogens with zero attached hydrogens (tertiary/aromatic N) is 2. The lowest BCUT2D eigenvalue weighted by Gasteiger charge is -2.27. The predicted octanol–water partition coefficient (Wildman–Crippen LogP) is 2.93. The van der Waals surface area contributed by atoms with Crippen molar-refractivity contribution < 1.29 is 9.53 Å². The summed E-state index contributed by atoms with van der Waals surface area (Å²) in [5.41, 5.74) is 9.48. The zero-order chi connectivity index (χ0) is 18.6. The standard InChI is InChI=1S/C22H27N3O2.2ClH/c23-21-16-25(15-20(21)17-6-2-1-3-7-17)22(26)19-9-5-4-8-18(19)14-24-10-12-27-13-11-24;;/h1-9,20-21H,10-16,23H2;2*1H/t20-,21+;;/m0../s1. The number of likely N-dealkylation sites (tertiary alicyclic amines) is 1. The highest BCUT2D eigenvalue weighted by atomic mass is 35.5. The molecule has 2 saturated heterocycles. The number of ether oxygens (including phenoxy) is 1. The van der Waals surface area contributed by atoms with Crippen molar-refractivity contribution in [2.75, 3.05) is 39.4 Å². The zero-order valence-electron chi connectivity index (χ0n) is 16.4. The molecule has 158 valence electrons. The summed E-state index contributed by atoms with van der Waals surface area (Å²) in [4.78, 5) is 17.5. The number of carbonyl (C=O) groups is 1. The van der Waals surface area contributed by atoms with E-state index < -0.39 is 0 Å². The van der Waals surface area contributed by atoms with E-state index in [4.69, 9.17) is 10.5 Å². The van der Waals surface area contributed by atoms with E-state index in [-0.39, 0.29) is 42.7 Å². The summed E-state index contributed by atoms with van der Waals surface area (Å²) in [6.07, 6.45) is 0. The molecule has 0 aromatic heterocycles. The molecule has 0 aliphatic carbocycles. The predicted molar refractivity (Wildman–Crippen MR) is 120 cm³/mol. The Hall–Kier alpha value is -1.63. The van der Waals surface area contributed by atoms with Gasteiger partial charge in [-0.1, -0.05) is 48.5 Å². The van der Waals surface area contributed by atoms with Crippen LogP contribution in [0.2, 0.25) is 0 Å². The fourth-order valence-electron chi connectivity index (χ4n) is 4.09. The van der Waals surface area contributed by atoms with Crippen molar-refractivity contribution in [1.82, 2.24) is 9.80 Å². The van der Waals surface area contributed by atoms with E-state index in [1.807, 2.05) is 41.3 Å². The number of hydrogen-bond acceptors (Lipinski definition) is 4. The number of carbonyl (C=O) groups excluding carboxylic acids is 1. The molecule has 29 heavy (non-hydrogen) atoms. The van der Waals surface area contributed by atoms with E-state index in [1.54, 1.807) is 0 Å². The number of amides is 1. The van der Waals surface area contributed by atoms with Crippen LogP contribution in [0.15, 0.2) is 54.6 Å². The molecule has 0 saturated carbocycles. The molecule has 2 aliphatic rings. The van der Waals surface area contributed by atoms with Crippen molar-refractivity contribution in [3.8, 4) is 0 Å². The molecule has 0 spiro atoms. The van der Waals surface area contributed by atoms with Gasteiger partial charge >= 0.3 is 0 Å². The van der Waals surface area contributed by atoms with Crippen LogP contribution in [-0.2, 0) is 11.3 Å². The first-order valence-corrected chi connectivity index (χ1v) is 9.70. The van der Waals surface area contributed by atoms with Crippen molar-refractivity contribution >= 4 is 30.7 Å². The number of halogens is 2. The number of hydrogen-bond donors (Lipinski definition) is 1. The van der Waals surface area contributed by atoms with Gasteiger partial charge in [-0.3, -0.25) is 9.69 Å². The van der Waals surface area contributed by atoms with Crippen molar-refractivity contribution in [3.05, 3.63) is 71.3 Å². The summed E-state index contributed by atoms with van der Waals surface area (Å²) in [6.45, 7) is 5.40. The SMILES string of the molecule is Cl.Cl.N[C@@H]1CN(C(=O)c2ccccc2CN2CCOCC2)C[C@H]1c1ccccc1. The van der Waals surface area contributed by atoms with Gasteiger partial charge in [0.25, 0.3) is 5.91 Å². The van der Waals surface area contributed by atoms with E-state index in [9.17, 15) is 4.79 Å². The topological polar surface area (TPSA) is 58.8 Å². The van der Waals surface area contributed by atoms with Crippen LogP contribution in [0.25, 0.3) is 0 Å². The Morgan fingerprint density at radius 3 is 2.34 bits per heavy atom. The summed E-state index contributed by atoms with van der Waals surface area (Å²) >= 11 is 0. The second-order valence-electron chi connectivity index (χ2n) is 7.44. The Morgan fingerprint density at radius 2 is 1.62 bits per heavy atom. The Kier molecular flexibility index (Phi) is 8.93. The van der Waals surface area contributed by atoms with Gasteiger partial charge in [-0.15, -0.1) is 24.8 Å². The van der Waals surface area contributed by atoms with Crippen LogP contribution in [0.4, 0.5) is 0 Å². The fourth-order valence-corrected chi connectivity index (χ4v) is 4.09. The lowest BCUT2D eigenvalue weighted by Crippen LogP contribution is -2.37. The summed E-state index contributed by atoms with van der Waals surface area (Å²) in [5, 5.41) is 0. The molecule has 1 amide bonds. The van der Waals surface area contributed by atoms with E-state index in [0.29, 0.717) is 13.1 Å². The molecule has 0 bridgehead atoms. The van der Waals surface area contributed by atoms with Crippen LogP contribution in [0.5, 0.6) is 0 Å². The van der Waals surface area contributed by atoms with Gasteiger partial charge in [0, 0.05) is 50.2 Å². The minimum absolute atomic E-state index is 0. The highest BCUT2D eigenvalue weighted by Crippen LogP contribution is 2.28. The molecule has 4 rings (SSSR count). The van der Waals surface area contributed by atoms with Crippen LogP contribution in [0.1, 0.15) is 27.4 Å². The number of morpholine rings is 1. The Labute approximate surface area is 185 Å². The lowest BCUT2D eigenvalue weighted by molar-refractivity contribution is 0.0340. The number of nitrogens with two attached hydrogens (primary N) is 1. The highest BCUT2D eigenvalue weighted by molar-refractivity contribution is 5.96. The average molecular weight is 438 g/mol. The maximum atomic E-state index is 13.3. The van der Waals surface area contributed by atoms with Gasteiger partial charge in [-0.05, 0) is 17.2 Å². The quantitative estimate of drug-likeness (QED) is 0.798. The van der Waals surface area contributed by atoms with Gasteiger partial charge in [0.15, 0.2) is 0 Å². The zero-order valence-corrected chi connectivity index (χ0v) is 18.0. The fraction of sp³-hybridized carbons (Fsp3) is 0.409. The molecule has 2 aromatic carbocycles. The third-order valence-corrected chi connectivity index (χ3v) is 5.63. The molecule has 2 N–H and O–H groups in total. The van der Waals surface area contributed by atoms with E-state index in [1.165, 1.54) is 5.56 Å². The van der Waals surface area contributed by atoms with Crippen LogP contribution >= 0.6 is 24.8 Å². The smallest absolute Gasteiger partial charge is 0.254 e. The molecule has 5 nitrogen and oxygen atoms in total. The van der Waals surface area contributed by atoms with Gasteiger partial charge in [0.1, 0.15) is 0 Å². The largest absolute Gasteiger partial charge is 0.379 e. The van der Waals surface area contributed by atoms with Crippen molar-refractivity contribution in [2.45, 2.75) is 18.5 Å². The van der Waals surface area contributed by atoms with Crippen LogP contribution < -0.4 is 5.73 Å². The third kappa shape index (κ3) is 5.50. The average Bonchev–Trinajstić information content (AvgIpc) is 3.11. The minimum atomic E-state index is -0.0252. The molecular weight excluding hydrogens is 409 g/mol.